The summed E-state index contributed by atoms with van der Waals surface area (Å²) in [6.07, 6.45) is 3.98. The Morgan fingerprint density at radius 3 is 2.39 bits per heavy atom. The van der Waals surface area contributed by atoms with Gasteiger partial charge in [0.2, 0.25) is 0 Å². The standard InChI is InChI=1S/C16H26N2/c1-16(2)10-9-14(11-16)17-12-13-5-7-15(8-6-13)18(3)4/h5-8,14,17H,9-12H2,1-4H3. The van der Waals surface area contributed by atoms with Crippen LogP contribution < -0.4 is 10.2 Å². The van der Waals surface area contributed by atoms with Crippen LogP contribution in [0, 0.1) is 5.41 Å². The first kappa shape index (κ1) is 13.4. The van der Waals surface area contributed by atoms with E-state index in [4.69, 9.17) is 0 Å². The molecule has 0 aromatic heterocycles. The molecule has 1 aromatic carbocycles. The third-order valence-electron chi connectivity index (χ3n) is 4.02. The van der Waals surface area contributed by atoms with Crippen LogP contribution in [0.5, 0.6) is 0 Å². The van der Waals surface area contributed by atoms with Crippen molar-refractivity contribution in [2.24, 2.45) is 5.41 Å². The van der Waals surface area contributed by atoms with Crippen molar-refractivity contribution in [1.82, 2.24) is 5.32 Å². The summed E-state index contributed by atoms with van der Waals surface area (Å²) in [5.74, 6) is 0. The van der Waals surface area contributed by atoms with Gasteiger partial charge in [-0.05, 0) is 42.4 Å². The summed E-state index contributed by atoms with van der Waals surface area (Å²) in [6, 6.07) is 9.53. The minimum absolute atomic E-state index is 0.534. The molecule has 2 heteroatoms. The number of hydrogen-bond acceptors (Lipinski definition) is 2. The van der Waals surface area contributed by atoms with Gasteiger partial charge in [-0.15, -0.1) is 0 Å². The summed E-state index contributed by atoms with van der Waals surface area (Å²) in [6.45, 7) is 5.75. The third-order valence-corrected chi connectivity index (χ3v) is 4.02. The number of benzene rings is 1. The van der Waals surface area contributed by atoms with Gasteiger partial charge in [-0.2, -0.15) is 0 Å². The molecular formula is C16H26N2. The smallest absolute Gasteiger partial charge is 0.0361 e. The highest BCUT2D eigenvalue weighted by molar-refractivity contribution is 5.45. The Bertz CT molecular complexity index is 379. The minimum Gasteiger partial charge on any atom is -0.378 e. The van der Waals surface area contributed by atoms with Crippen LogP contribution in [0.3, 0.4) is 0 Å². The van der Waals surface area contributed by atoms with Gasteiger partial charge in [0.1, 0.15) is 0 Å². The third kappa shape index (κ3) is 3.49. The van der Waals surface area contributed by atoms with E-state index < -0.39 is 0 Å². The monoisotopic (exact) mass is 246 g/mol. The van der Waals surface area contributed by atoms with E-state index in [-0.39, 0.29) is 0 Å². The molecule has 2 nitrogen and oxygen atoms in total. The number of nitrogens with zero attached hydrogens (tertiary/aromatic N) is 1. The molecule has 18 heavy (non-hydrogen) atoms. The van der Waals surface area contributed by atoms with Crippen molar-refractivity contribution in [2.45, 2.75) is 45.7 Å². The molecule has 1 atom stereocenters. The van der Waals surface area contributed by atoms with Crippen LogP contribution in [0.2, 0.25) is 0 Å². The highest BCUT2D eigenvalue weighted by Gasteiger charge is 2.30. The minimum atomic E-state index is 0.534. The van der Waals surface area contributed by atoms with E-state index in [2.05, 4.69) is 62.4 Å². The summed E-state index contributed by atoms with van der Waals surface area (Å²) in [4.78, 5) is 2.14. The predicted molar refractivity (Wildman–Crippen MR) is 79.0 cm³/mol. The van der Waals surface area contributed by atoms with Gasteiger partial charge < -0.3 is 10.2 Å². The first-order valence-electron chi connectivity index (χ1n) is 6.96. The topological polar surface area (TPSA) is 15.3 Å². The van der Waals surface area contributed by atoms with Gasteiger partial charge in [0, 0.05) is 32.4 Å². The molecule has 0 spiro atoms. The van der Waals surface area contributed by atoms with Gasteiger partial charge in [0.25, 0.3) is 0 Å². The Hall–Kier alpha value is -1.02. The summed E-state index contributed by atoms with van der Waals surface area (Å²) >= 11 is 0. The van der Waals surface area contributed by atoms with Crippen LogP contribution in [-0.2, 0) is 6.54 Å². The normalized spacial score (nSPS) is 22.1. The molecule has 1 aliphatic rings. The summed E-state index contributed by atoms with van der Waals surface area (Å²) in [7, 11) is 4.15. The van der Waals surface area contributed by atoms with Crippen molar-refractivity contribution in [3.63, 3.8) is 0 Å². The fourth-order valence-corrected chi connectivity index (χ4v) is 2.78. The van der Waals surface area contributed by atoms with Gasteiger partial charge in [0.05, 0.1) is 0 Å². The van der Waals surface area contributed by atoms with Gasteiger partial charge in [0.15, 0.2) is 0 Å². The van der Waals surface area contributed by atoms with E-state index in [9.17, 15) is 0 Å². The van der Waals surface area contributed by atoms with Crippen molar-refractivity contribution in [2.75, 3.05) is 19.0 Å². The average Bonchev–Trinajstić information content (AvgIpc) is 2.67. The number of anilines is 1. The van der Waals surface area contributed by atoms with Gasteiger partial charge in [-0.25, -0.2) is 0 Å². The van der Waals surface area contributed by atoms with Crippen LogP contribution in [0.4, 0.5) is 5.69 Å². The second kappa shape index (κ2) is 5.31. The summed E-state index contributed by atoms with van der Waals surface area (Å²) < 4.78 is 0. The van der Waals surface area contributed by atoms with Crippen LogP contribution in [0.15, 0.2) is 24.3 Å². The molecule has 1 aliphatic carbocycles. The van der Waals surface area contributed by atoms with Crippen molar-refractivity contribution >= 4 is 5.69 Å². The van der Waals surface area contributed by atoms with Gasteiger partial charge in [-0.1, -0.05) is 26.0 Å². The molecule has 0 bridgehead atoms. The number of hydrogen-bond donors (Lipinski definition) is 1. The molecule has 100 valence electrons. The maximum atomic E-state index is 3.69. The molecule has 1 fully saturated rings. The van der Waals surface area contributed by atoms with Crippen LogP contribution in [-0.4, -0.2) is 20.1 Å². The van der Waals surface area contributed by atoms with E-state index in [0.717, 1.165) is 6.54 Å². The number of rotatable bonds is 4. The molecule has 1 aromatic rings. The highest BCUT2D eigenvalue weighted by Crippen LogP contribution is 2.36. The second-order valence-corrected chi connectivity index (χ2v) is 6.55. The van der Waals surface area contributed by atoms with Crippen LogP contribution in [0.1, 0.15) is 38.7 Å². The first-order valence-corrected chi connectivity index (χ1v) is 6.96. The largest absolute Gasteiger partial charge is 0.378 e. The lowest BCUT2D eigenvalue weighted by molar-refractivity contribution is 0.364. The fourth-order valence-electron chi connectivity index (χ4n) is 2.78. The molecule has 0 amide bonds. The Morgan fingerprint density at radius 1 is 1.22 bits per heavy atom. The zero-order valence-corrected chi connectivity index (χ0v) is 12.2. The summed E-state index contributed by atoms with van der Waals surface area (Å²) in [5.41, 5.74) is 3.18. The zero-order valence-electron chi connectivity index (χ0n) is 12.2. The lowest BCUT2D eigenvalue weighted by Gasteiger charge is -2.18. The van der Waals surface area contributed by atoms with Crippen molar-refractivity contribution in [3.05, 3.63) is 29.8 Å². The first-order chi connectivity index (χ1) is 8.46. The molecule has 0 radical (unpaired) electrons. The van der Waals surface area contributed by atoms with Crippen molar-refractivity contribution in [1.29, 1.82) is 0 Å². The molecule has 0 heterocycles. The molecule has 2 rings (SSSR count). The van der Waals surface area contributed by atoms with Gasteiger partial charge >= 0.3 is 0 Å². The molecule has 1 unspecified atom stereocenters. The lowest BCUT2D eigenvalue weighted by atomic mass is 9.92. The summed E-state index contributed by atoms with van der Waals surface area (Å²) in [5, 5.41) is 3.69. The maximum absolute atomic E-state index is 3.69. The predicted octanol–water partition coefficient (Wildman–Crippen LogP) is 3.42. The van der Waals surface area contributed by atoms with E-state index in [1.165, 1.54) is 30.5 Å². The average molecular weight is 246 g/mol. The fraction of sp³-hybridized carbons (Fsp3) is 0.625. The van der Waals surface area contributed by atoms with Crippen LogP contribution in [0.25, 0.3) is 0 Å². The molecule has 0 aliphatic heterocycles. The van der Waals surface area contributed by atoms with E-state index in [0.29, 0.717) is 11.5 Å². The van der Waals surface area contributed by atoms with Crippen molar-refractivity contribution in [3.8, 4) is 0 Å². The highest BCUT2D eigenvalue weighted by atomic mass is 15.1. The molecule has 1 saturated carbocycles. The van der Waals surface area contributed by atoms with Gasteiger partial charge in [-0.3, -0.25) is 0 Å². The quantitative estimate of drug-likeness (QED) is 0.875. The Kier molecular flexibility index (Phi) is 3.96. The van der Waals surface area contributed by atoms with Crippen LogP contribution >= 0.6 is 0 Å². The van der Waals surface area contributed by atoms with E-state index >= 15 is 0 Å². The Morgan fingerprint density at radius 2 is 1.89 bits per heavy atom. The molecule has 1 N–H and O–H groups in total. The molecular weight excluding hydrogens is 220 g/mol. The number of nitrogens with one attached hydrogen (secondary N) is 1. The lowest BCUT2D eigenvalue weighted by Crippen LogP contribution is -2.26. The van der Waals surface area contributed by atoms with E-state index in [1.54, 1.807) is 0 Å². The van der Waals surface area contributed by atoms with E-state index in [1.807, 2.05) is 0 Å². The Labute approximate surface area is 111 Å². The zero-order chi connectivity index (χ0) is 13.2. The SMILES string of the molecule is CN(C)c1ccc(CNC2CCC(C)(C)C2)cc1. The Balaban J connectivity index is 1.84. The maximum Gasteiger partial charge on any atom is 0.0361 e. The van der Waals surface area contributed by atoms with Crippen molar-refractivity contribution < 1.29 is 0 Å². The second-order valence-electron chi connectivity index (χ2n) is 6.55. The molecule has 0 saturated heterocycles.